The number of fused-ring (bicyclic) bond motifs is 1. The second-order valence-corrected chi connectivity index (χ2v) is 9.67. The van der Waals surface area contributed by atoms with Crippen molar-refractivity contribution in [2.45, 2.75) is 13.3 Å². The highest BCUT2D eigenvalue weighted by atomic mass is 32.1. The fraction of sp³-hybridized carbons (Fsp3) is 0.0625. The normalized spacial score (nSPS) is 10.3. The number of hydrogen-bond donors (Lipinski definition) is 2. The number of benzene rings is 2. The van der Waals surface area contributed by atoms with E-state index in [-0.39, 0.29) is 17.1 Å². The fourth-order valence-electron chi connectivity index (χ4n) is 4.26. The van der Waals surface area contributed by atoms with E-state index in [0.29, 0.717) is 16.8 Å². The van der Waals surface area contributed by atoms with Gasteiger partial charge in [-0.15, -0.1) is 11.3 Å². The molecule has 6 aromatic rings. The lowest BCUT2D eigenvalue weighted by atomic mass is 10.0. The number of carbonyl (C=O) groups is 1. The standard InChI is InChI=1S/C24H18N2O.C8H7N5OS/c1-2-21-16-20-10-6-9-19(14-13-18-8-7-15-25-17-18)23(20)24(27)26(21)22-11-4-3-5-12-22;9-7-6(8(10)14)13-4(1-11-7)5-2-15-3-12-5/h3-12,15-17H,2H2,1H3;1-3H,(H2,9,11)(H2,10,14). The Morgan fingerprint density at radius 2 is 1.81 bits per heavy atom. The number of primary amides is 1. The predicted molar refractivity (Wildman–Crippen MR) is 165 cm³/mol. The Kier molecular flexibility index (Phi) is 8.42. The number of nitrogens with zero attached hydrogens (tertiary/aromatic N) is 5. The lowest BCUT2D eigenvalue weighted by Gasteiger charge is -2.14. The molecule has 6 rings (SSSR count). The number of pyridine rings is 2. The molecule has 4 heterocycles. The van der Waals surface area contributed by atoms with E-state index in [9.17, 15) is 9.59 Å². The molecule has 0 atom stereocenters. The molecule has 42 heavy (non-hydrogen) atoms. The van der Waals surface area contributed by atoms with Gasteiger partial charge in [0.15, 0.2) is 11.5 Å². The number of thiazole rings is 1. The molecule has 0 saturated heterocycles. The zero-order chi connectivity index (χ0) is 29.5. The maximum atomic E-state index is 13.4. The minimum absolute atomic E-state index is 0.0273. The molecule has 0 spiro atoms. The van der Waals surface area contributed by atoms with E-state index in [0.717, 1.165) is 34.3 Å². The Labute approximate surface area is 245 Å². The molecule has 2 aromatic carbocycles. The van der Waals surface area contributed by atoms with Gasteiger partial charge >= 0.3 is 0 Å². The summed E-state index contributed by atoms with van der Waals surface area (Å²) in [6, 6.07) is 21.4. The van der Waals surface area contributed by atoms with Gasteiger partial charge in [-0.3, -0.25) is 19.1 Å². The Balaban J connectivity index is 0.000000199. The van der Waals surface area contributed by atoms with Gasteiger partial charge in [0.05, 0.1) is 17.1 Å². The summed E-state index contributed by atoms with van der Waals surface area (Å²) in [4.78, 5) is 40.3. The molecule has 0 aliphatic heterocycles. The van der Waals surface area contributed by atoms with Crippen molar-refractivity contribution in [3.8, 4) is 28.9 Å². The summed E-state index contributed by atoms with van der Waals surface area (Å²) in [5.41, 5.74) is 16.7. The first-order valence-electron chi connectivity index (χ1n) is 12.9. The largest absolute Gasteiger partial charge is 0.382 e. The molecule has 0 radical (unpaired) electrons. The number of carbonyl (C=O) groups excluding carboxylic acids is 1. The van der Waals surface area contributed by atoms with Crippen LogP contribution in [-0.4, -0.2) is 30.4 Å². The molecule has 206 valence electrons. The molecule has 1 amide bonds. The molecular formula is C32H25N7O2S. The van der Waals surface area contributed by atoms with Crippen molar-refractivity contribution in [2.75, 3.05) is 5.73 Å². The summed E-state index contributed by atoms with van der Waals surface area (Å²) in [6.45, 7) is 2.06. The van der Waals surface area contributed by atoms with Crippen LogP contribution in [0.1, 0.15) is 34.2 Å². The highest BCUT2D eigenvalue weighted by Gasteiger charge is 2.13. The van der Waals surface area contributed by atoms with E-state index in [1.807, 2.05) is 60.7 Å². The molecule has 4 aromatic heterocycles. The van der Waals surface area contributed by atoms with Gasteiger partial charge < -0.3 is 11.5 Å². The van der Waals surface area contributed by atoms with E-state index in [1.54, 1.807) is 27.9 Å². The van der Waals surface area contributed by atoms with Crippen LogP contribution in [0.25, 0.3) is 27.8 Å². The molecule has 0 fully saturated rings. The quantitative estimate of drug-likeness (QED) is 0.294. The Morgan fingerprint density at radius 1 is 0.976 bits per heavy atom. The van der Waals surface area contributed by atoms with Crippen molar-refractivity contribution < 1.29 is 4.79 Å². The van der Waals surface area contributed by atoms with Crippen molar-refractivity contribution in [3.05, 3.63) is 129 Å². The highest BCUT2D eigenvalue weighted by Crippen LogP contribution is 2.20. The van der Waals surface area contributed by atoms with Crippen LogP contribution in [0.3, 0.4) is 0 Å². The third kappa shape index (κ3) is 6.06. The van der Waals surface area contributed by atoms with Crippen molar-refractivity contribution in [3.63, 3.8) is 0 Å². The van der Waals surface area contributed by atoms with Crippen LogP contribution in [0.4, 0.5) is 5.82 Å². The van der Waals surface area contributed by atoms with Crippen molar-refractivity contribution in [1.82, 2.24) is 24.5 Å². The van der Waals surface area contributed by atoms with Crippen molar-refractivity contribution in [1.29, 1.82) is 0 Å². The average molecular weight is 572 g/mol. The third-order valence-corrected chi connectivity index (χ3v) is 6.82. The number of anilines is 1. The van der Waals surface area contributed by atoms with Crippen LogP contribution in [0.15, 0.2) is 101 Å². The number of amides is 1. The molecule has 0 saturated carbocycles. The molecule has 0 aliphatic rings. The number of nitrogens with two attached hydrogens (primary N) is 2. The first-order valence-corrected chi connectivity index (χ1v) is 13.9. The minimum atomic E-state index is -0.697. The van der Waals surface area contributed by atoms with Crippen LogP contribution in [0.2, 0.25) is 0 Å². The van der Waals surface area contributed by atoms with Crippen LogP contribution in [-0.2, 0) is 6.42 Å². The molecule has 10 heteroatoms. The van der Waals surface area contributed by atoms with Gasteiger partial charge in [0, 0.05) is 40.3 Å². The molecule has 0 unspecified atom stereocenters. The van der Waals surface area contributed by atoms with E-state index in [1.165, 1.54) is 17.5 Å². The summed E-state index contributed by atoms with van der Waals surface area (Å²) in [5, 5.41) is 3.36. The Hall–Kier alpha value is -5.66. The first kappa shape index (κ1) is 27.9. The van der Waals surface area contributed by atoms with E-state index in [2.05, 4.69) is 44.8 Å². The smallest absolute Gasteiger partial charge is 0.271 e. The molecule has 0 bridgehead atoms. The SMILES string of the molecule is CCc1cc2cccc(C#Cc3cccnc3)c2c(=O)n1-c1ccccc1.NC(=O)c1nc(-c2cscn2)cnc1N. The number of para-hydroxylation sites is 1. The monoisotopic (exact) mass is 571 g/mol. The van der Waals surface area contributed by atoms with Gasteiger partial charge in [-0.25, -0.2) is 15.0 Å². The summed E-state index contributed by atoms with van der Waals surface area (Å²) in [7, 11) is 0. The third-order valence-electron chi connectivity index (χ3n) is 6.23. The molecule has 4 N–H and O–H groups in total. The molecule has 9 nitrogen and oxygen atoms in total. The van der Waals surface area contributed by atoms with E-state index >= 15 is 0 Å². The maximum Gasteiger partial charge on any atom is 0.271 e. The average Bonchev–Trinajstić information content (AvgIpc) is 3.56. The number of nitrogen functional groups attached to an aromatic ring is 1. The van der Waals surface area contributed by atoms with Gasteiger partial charge in [-0.1, -0.05) is 49.1 Å². The lowest BCUT2D eigenvalue weighted by Crippen LogP contribution is -2.22. The van der Waals surface area contributed by atoms with E-state index in [4.69, 9.17) is 11.5 Å². The zero-order valence-corrected chi connectivity index (χ0v) is 23.4. The number of rotatable bonds is 4. The van der Waals surface area contributed by atoms with Crippen LogP contribution in [0.5, 0.6) is 0 Å². The van der Waals surface area contributed by atoms with Gasteiger partial charge in [-0.05, 0) is 48.2 Å². The summed E-state index contributed by atoms with van der Waals surface area (Å²) < 4.78 is 1.79. The maximum absolute atomic E-state index is 13.4. The number of aryl methyl sites for hydroxylation is 1. The minimum Gasteiger partial charge on any atom is -0.382 e. The van der Waals surface area contributed by atoms with Crippen LogP contribution < -0.4 is 17.0 Å². The van der Waals surface area contributed by atoms with Crippen LogP contribution in [0, 0.1) is 11.8 Å². The van der Waals surface area contributed by atoms with Gasteiger partial charge in [0.25, 0.3) is 11.5 Å². The van der Waals surface area contributed by atoms with E-state index < -0.39 is 5.91 Å². The highest BCUT2D eigenvalue weighted by molar-refractivity contribution is 7.07. The Bertz CT molecular complexity index is 1980. The molecular weight excluding hydrogens is 546 g/mol. The summed E-state index contributed by atoms with van der Waals surface area (Å²) >= 11 is 1.43. The zero-order valence-electron chi connectivity index (χ0n) is 22.6. The second kappa shape index (κ2) is 12.7. The Morgan fingerprint density at radius 3 is 2.50 bits per heavy atom. The lowest BCUT2D eigenvalue weighted by molar-refractivity contribution is 0.0996. The van der Waals surface area contributed by atoms with Crippen LogP contribution >= 0.6 is 11.3 Å². The number of aromatic nitrogens is 5. The first-order chi connectivity index (χ1) is 20.5. The predicted octanol–water partition coefficient (Wildman–Crippen LogP) is 4.63. The van der Waals surface area contributed by atoms with Gasteiger partial charge in [0.2, 0.25) is 0 Å². The van der Waals surface area contributed by atoms with Crippen molar-refractivity contribution in [2.24, 2.45) is 5.73 Å². The van der Waals surface area contributed by atoms with Crippen molar-refractivity contribution >= 4 is 33.8 Å². The molecule has 0 aliphatic carbocycles. The summed E-state index contributed by atoms with van der Waals surface area (Å²) in [6.07, 6.45) is 5.66. The fourth-order valence-corrected chi connectivity index (χ4v) is 4.80. The topological polar surface area (TPSA) is 143 Å². The number of hydrogen-bond acceptors (Lipinski definition) is 8. The van der Waals surface area contributed by atoms with Gasteiger partial charge in [0.1, 0.15) is 11.4 Å². The summed E-state index contributed by atoms with van der Waals surface area (Å²) in [5.74, 6) is 5.60. The van der Waals surface area contributed by atoms with Gasteiger partial charge in [-0.2, -0.15) is 0 Å². The second-order valence-electron chi connectivity index (χ2n) is 8.95.